The molecular formula is C94H64N4. The minimum Gasteiger partial charge on any atom is -0.296 e. The van der Waals surface area contributed by atoms with E-state index in [9.17, 15) is 0 Å². The SMILES string of the molecule is CCc1nc2ccccc2n1-c1ccc(-c2c3ccccc3c(-c3ccc(-c4ccccc4)cc3)c3ccccc23)cc1.c1ccc(-n2c(-c3ccc(-c4ccc5c(-c6ccc7ccccc7c6)c6ccccc6c(-c6ccc7ccccc7c6)c5c4)cc3)nc3ccccc32)cc1. The Morgan fingerprint density at radius 2 is 0.571 bits per heavy atom. The molecule has 0 N–H and O–H groups in total. The van der Waals surface area contributed by atoms with Crippen molar-refractivity contribution in [3.8, 4) is 89.5 Å². The zero-order valence-corrected chi connectivity index (χ0v) is 54.1. The van der Waals surface area contributed by atoms with E-state index in [-0.39, 0.29) is 0 Å². The summed E-state index contributed by atoms with van der Waals surface area (Å²) in [7, 11) is 0. The van der Waals surface area contributed by atoms with E-state index >= 15 is 0 Å². The molecule has 2 heterocycles. The number of rotatable bonds is 10. The Kier molecular flexibility index (Phi) is 14.5. The average Bonchev–Trinajstić information content (AvgIpc) is 0.952. The molecule has 0 unspecified atom stereocenters. The summed E-state index contributed by atoms with van der Waals surface area (Å²) >= 11 is 0. The molecule has 460 valence electrons. The lowest BCUT2D eigenvalue weighted by molar-refractivity contribution is 0.908. The summed E-state index contributed by atoms with van der Waals surface area (Å²) in [5.41, 5.74) is 22.3. The van der Waals surface area contributed by atoms with Crippen LogP contribution in [0, 0.1) is 0 Å². The van der Waals surface area contributed by atoms with Crippen LogP contribution in [-0.2, 0) is 6.42 Å². The molecule has 0 fully saturated rings. The van der Waals surface area contributed by atoms with Crippen molar-refractivity contribution in [1.82, 2.24) is 19.1 Å². The van der Waals surface area contributed by atoms with E-state index in [1.807, 2.05) is 0 Å². The number of aromatic nitrogens is 4. The standard InChI is InChI=1S/C53H34N2.C41H30N2/c1-2-16-44(17-3-1)55-50-21-11-10-20-49(50)54-53(55)38-26-22-37(23-27-38)41-30-31-47-48(34-41)52(43-29-25-36-13-5-7-15-40(36)33-43)46-19-9-8-18-45(46)51(47)42-28-24-35-12-4-6-14-39(35)32-42;1-2-39-42-37-18-10-11-19-38(37)43(39)32-26-24-31(25-27-32)41-35-16-8-6-14-33(35)40(34-15-7-9-17-36(34)41)30-22-20-29(21-23-30)28-12-4-3-5-13-28/h1-34H;3-27H,2H2,1H3. The fourth-order valence-corrected chi connectivity index (χ4v) is 15.1. The zero-order chi connectivity index (χ0) is 65.0. The third-order valence-electron chi connectivity index (χ3n) is 19.7. The lowest BCUT2D eigenvalue weighted by Crippen LogP contribution is -2.00. The van der Waals surface area contributed by atoms with Gasteiger partial charge in [-0.1, -0.05) is 298 Å². The molecule has 0 radical (unpaired) electrons. The van der Waals surface area contributed by atoms with Crippen LogP contribution in [0.4, 0.5) is 0 Å². The lowest BCUT2D eigenvalue weighted by Gasteiger charge is -2.19. The van der Waals surface area contributed by atoms with Gasteiger partial charge in [-0.2, -0.15) is 0 Å². The van der Waals surface area contributed by atoms with Gasteiger partial charge < -0.3 is 0 Å². The molecule has 19 rings (SSSR count). The molecule has 98 heavy (non-hydrogen) atoms. The number of aryl methyl sites for hydroxylation is 1. The van der Waals surface area contributed by atoms with Crippen LogP contribution in [0.2, 0.25) is 0 Å². The van der Waals surface area contributed by atoms with Gasteiger partial charge in [-0.3, -0.25) is 9.13 Å². The van der Waals surface area contributed by atoms with Crippen LogP contribution < -0.4 is 0 Å². The quantitative estimate of drug-likeness (QED) is 0.128. The van der Waals surface area contributed by atoms with Crippen LogP contribution in [-0.4, -0.2) is 19.1 Å². The maximum absolute atomic E-state index is 5.12. The van der Waals surface area contributed by atoms with E-state index in [2.05, 4.69) is 374 Å². The minimum atomic E-state index is 0.875. The number of para-hydroxylation sites is 5. The zero-order valence-electron chi connectivity index (χ0n) is 54.1. The van der Waals surface area contributed by atoms with Crippen LogP contribution in [0.25, 0.3) is 176 Å². The Balaban J connectivity index is 0.000000147. The normalized spacial score (nSPS) is 11.6. The summed E-state index contributed by atoms with van der Waals surface area (Å²) in [5.74, 6) is 2.01. The molecule has 0 saturated carbocycles. The lowest BCUT2D eigenvalue weighted by atomic mass is 9.84. The monoisotopic (exact) mass is 1250 g/mol. The molecule has 0 bridgehead atoms. The highest BCUT2D eigenvalue weighted by Gasteiger charge is 2.22. The highest BCUT2D eigenvalue weighted by atomic mass is 15.1. The molecule has 2 aromatic heterocycles. The molecule has 19 aromatic rings. The van der Waals surface area contributed by atoms with Crippen molar-refractivity contribution in [2.75, 3.05) is 0 Å². The van der Waals surface area contributed by atoms with Gasteiger partial charge in [-0.15, -0.1) is 0 Å². The second kappa shape index (κ2) is 24.5. The molecule has 4 nitrogen and oxygen atoms in total. The summed E-state index contributed by atoms with van der Waals surface area (Å²) in [4.78, 5) is 10.0. The largest absolute Gasteiger partial charge is 0.296 e. The number of hydrogen-bond acceptors (Lipinski definition) is 2. The summed E-state index contributed by atoms with van der Waals surface area (Å²) in [6, 6.07) is 130. The molecule has 0 saturated heterocycles. The second-order valence-electron chi connectivity index (χ2n) is 25.4. The van der Waals surface area contributed by atoms with Gasteiger partial charge in [0.1, 0.15) is 11.6 Å². The van der Waals surface area contributed by atoms with Crippen LogP contribution in [0.3, 0.4) is 0 Å². The topological polar surface area (TPSA) is 35.6 Å². The molecule has 17 aromatic carbocycles. The number of fused-ring (bicyclic) bond motifs is 8. The number of hydrogen-bond donors (Lipinski definition) is 0. The maximum atomic E-state index is 5.12. The molecule has 0 aliphatic rings. The Morgan fingerprint density at radius 3 is 1.10 bits per heavy atom. The smallest absolute Gasteiger partial charge is 0.145 e. The summed E-state index contributed by atoms with van der Waals surface area (Å²) in [6.45, 7) is 2.17. The first-order chi connectivity index (χ1) is 48.6. The van der Waals surface area contributed by atoms with Crippen LogP contribution in [0.1, 0.15) is 12.7 Å². The number of nitrogens with zero attached hydrogens (tertiary/aromatic N) is 4. The average molecular weight is 1250 g/mol. The van der Waals surface area contributed by atoms with Crippen molar-refractivity contribution < 1.29 is 0 Å². The molecule has 0 amide bonds. The van der Waals surface area contributed by atoms with E-state index in [0.29, 0.717) is 0 Å². The predicted octanol–water partition coefficient (Wildman–Crippen LogP) is 25.2. The van der Waals surface area contributed by atoms with Crippen molar-refractivity contribution in [1.29, 1.82) is 0 Å². The first-order valence-electron chi connectivity index (χ1n) is 33.8. The van der Waals surface area contributed by atoms with E-state index in [1.54, 1.807) is 0 Å². The summed E-state index contributed by atoms with van der Waals surface area (Å²) < 4.78 is 4.55. The van der Waals surface area contributed by atoms with E-state index in [0.717, 1.165) is 62.6 Å². The molecule has 4 heteroatoms. The van der Waals surface area contributed by atoms with Gasteiger partial charge in [0, 0.05) is 23.4 Å². The first-order valence-corrected chi connectivity index (χ1v) is 33.8. The Labute approximate surface area is 568 Å². The second-order valence-corrected chi connectivity index (χ2v) is 25.4. The summed E-state index contributed by atoms with van der Waals surface area (Å²) in [6.07, 6.45) is 0.875. The minimum absolute atomic E-state index is 0.875. The van der Waals surface area contributed by atoms with Gasteiger partial charge in [-0.25, -0.2) is 9.97 Å². The first kappa shape index (κ1) is 57.9. The number of benzene rings is 17. The maximum Gasteiger partial charge on any atom is 0.145 e. The van der Waals surface area contributed by atoms with Gasteiger partial charge >= 0.3 is 0 Å². The van der Waals surface area contributed by atoms with Crippen molar-refractivity contribution >= 4 is 86.7 Å². The van der Waals surface area contributed by atoms with Gasteiger partial charge in [0.05, 0.1) is 22.1 Å². The molecule has 0 aliphatic heterocycles. The highest BCUT2D eigenvalue weighted by molar-refractivity contribution is 6.24. The number of imidazole rings is 2. The van der Waals surface area contributed by atoms with Crippen molar-refractivity contribution in [3.05, 3.63) is 364 Å². The van der Waals surface area contributed by atoms with Crippen molar-refractivity contribution in [2.45, 2.75) is 13.3 Å². The highest BCUT2D eigenvalue weighted by Crippen LogP contribution is 2.48. The van der Waals surface area contributed by atoms with Crippen molar-refractivity contribution in [3.63, 3.8) is 0 Å². The molecule has 0 aliphatic carbocycles. The van der Waals surface area contributed by atoms with E-state index in [1.165, 1.54) is 126 Å². The fourth-order valence-electron chi connectivity index (χ4n) is 15.1. The van der Waals surface area contributed by atoms with Crippen LogP contribution in [0.15, 0.2) is 358 Å². The fraction of sp³-hybridized carbons (Fsp3) is 0.0213. The van der Waals surface area contributed by atoms with Crippen LogP contribution >= 0.6 is 0 Å². The van der Waals surface area contributed by atoms with Gasteiger partial charge in [-0.05, 0) is 198 Å². The third-order valence-corrected chi connectivity index (χ3v) is 19.7. The third kappa shape index (κ3) is 10.2. The van der Waals surface area contributed by atoms with E-state index < -0.39 is 0 Å². The van der Waals surface area contributed by atoms with E-state index in [4.69, 9.17) is 9.97 Å². The summed E-state index contributed by atoms with van der Waals surface area (Å²) in [5, 5.41) is 15.0. The van der Waals surface area contributed by atoms with Gasteiger partial charge in [0.2, 0.25) is 0 Å². The Morgan fingerprint density at radius 1 is 0.224 bits per heavy atom. The van der Waals surface area contributed by atoms with Gasteiger partial charge in [0.25, 0.3) is 0 Å². The van der Waals surface area contributed by atoms with Crippen molar-refractivity contribution in [2.24, 2.45) is 0 Å². The molecule has 0 atom stereocenters. The van der Waals surface area contributed by atoms with Gasteiger partial charge in [0.15, 0.2) is 0 Å². The molecule has 0 spiro atoms. The predicted molar refractivity (Wildman–Crippen MR) is 415 cm³/mol. The Bertz CT molecular complexity index is 6190. The molecular weight excluding hydrogens is 1190 g/mol. The van der Waals surface area contributed by atoms with Crippen LogP contribution in [0.5, 0.6) is 0 Å². The Hall–Kier alpha value is -12.8.